The van der Waals surface area contributed by atoms with Crippen molar-refractivity contribution in [1.82, 2.24) is 0 Å². The van der Waals surface area contributed by atoms with Crippen molar-refractivity contribution in [2.24, 2.45) is 5.92 Å². The second-order valence-corrected chi connectivity index (χ2v) is 8.68. The predicted octanol–water partition coefficient (Wildman–Crippen LogP) is 2.83. The Kier molecular flexibility index (Phi) is 6.30. The summed E-state index contributed by atoms with van der Waals surface area (Å²) in [5.41, 5.74) is 1.34. The van der Waals surface area contributed by atoms with Crippen LogP contribution in [-0.2, 0) is 18.8 Å². The molecule has 0 spiro atoms. The number of ether oxygens (including phenoxy) is 3. The van der Waals surface area contributed by atoms with Gasteiger partial charge >= 0.3 is 7.12 Å². The van der Waals surface area contributed by atoms with E-state index >= 15 is 0 Å². The first-order valence-corrected chi connectivity index (χ1v) is 10.1. The van der Waals surface area contributed by atoms with Crippen molar-refractivity contribution in [3.05, 3.63) is 18.2 Å². The highest BCUT2D eigenvalue weighted by atomic mass is 16.7. The zero-order valence-electron chi connectivity index (χ0n) is 18.3. The molecule has 2 heterocycles. The fraction of sp³-hybridized carbons (Fsp3) is 0.714. The van der Waals surface area contributed by atoms with Crippen LogP contribution < -0.4 is 15.1 Å². The van der Waals surface area contributed by atoms with E-state index in [2.05, 4.69) is 50.8 Å². The number of methoxy groups -OCH3 is 3. The van der Waals surface area contributed by atoms with Gasteiger partial charge in [-0.05, 0) is 46.6 Å². The minimum absolute atomic E-state index is 0.123. The monoisotopic (exact) mass is 391 g/mol. The molecule has 1 aromatic rings. The van der Waals surface area contributed by atoms with E-state index in [0.29, 0.717) is 5.92 Å². The predicted molar refractivity (Wildman–Crippen MR) is 111 cm³/mol. The van der Waals surface area contributed by atoms with Crippen LogP contribution >= 0.6 is 0 Å². The first-order chi connectivity index (χ1) is 13.2. The van der Waals surface area contributed by atoms with Crippen LogP contribution in [0.25, 0.3) is 0 Å². The molecule has 28 heavy (non-hydrogen) atoms. The highest BCUT2D eigenvalue weighted by Gasteiger charge is 2.52. The summed E-state index contributed by atoms with van der Waals surface area (Å²) in [6.45, 7) is 10.2. The molecule has 0 radical (unpaired) electrons. The number of piperidine rings is 1. The summed E-state index contributed by atoms with van der Waals surface area (Å²) in [4.78, 5) is 2.38. The van der Waals surface area contributed by atoms with Crippen LogP contribution in [0.5, 0.6) is 5.75 Å². The largest absolute Gasteiger partial charge is 0.498 e. The van der Waals surface area contributed by atoms with Gasteiger partial charge in [-0.1, -0.05) is 6.07 Å². The Morgan fingerprint density at radius 1 is 1.00 bits per heavy atom. The van der Waals surface area contributed by atoms with Crippen molar-refractivity contribution >= 4 is 18.3 Å². The average Bonchev–Trinajstić information content (AvgIpc) is 2.90. The van der Waals surface area contributed by atoms with Gasteiger partial charge in [0.05, 0.1) is 18.3 Å². The van der Waals surface area contributed by atoms with E-state index in [1.807, 2.05) is 0 Å². The molecule has 0 unspecified atom stereocenters. The van der Waals surface area contributed by atoms with Gasteiger partial charge < -0.3 is 28.4 Å². The quantitative estimate of drug-likeness (QED) is 0.549. The molecule has 0 atom stereocenters. The van der Waals surface area contributed by atoms with Gasteiger partial charge in [0.2, 0.25) is 0 Å². The van der Waals surface area contributed by atoms with Crippen molar-refractivity contribution in [2.45, 2.75) is 58.0 Å². The molecule has 2 aliphatic heterocycles. The van der Waals surface area contributed by atoms with Crippen molar-refractivity contribution in [3.8, 4) is 5.75 Å². The molecule has 2 fully saturated rings. The SMILES string of the molecule is COc1cc(N2CCC(C(OC)OC)CC2)ccc1B1OC(C)(C)C(C)(C)O1. The normalized spacial score (nSPS) is 22.1. The Morgan fingerprint density at radius 2 is 1.57 bits per heavy atom. The highest BCUT2D eigenvalue weighted by Crippen LogP contribution is 2.37. The van der Waals surface area contributed by atoms with Crippen LogP contribution in [0.15, 0.2) is 18.2 Å². The lowest BCUT2D eigenvalue weighted by molar-refractivity contribution is -0.141. The Bertz CT molecular complexity index is 653. The van der Waals surface area contributed by atoms with Crippen LogP contribution in [0.2, 0.25) is 0 Å². The second-order valence-electron chi connectivity index (χ2n) is 8.68. The maximum absolute atomic E-state index is 6.20. The maximum atomic E-state index is 6.20. The van der Waals surface area contributed by atoms with Gasteiger partial charge in [-0.2, -0.15) is 0 Å². The van der Waals surface area contributed by atoms with Crippen LogP contribution in [0.1, 0.15) is 40.5 Å². The molecular formula is C21H34BNO5. The summed E-state index contributed by atoms with van der Waals surface area (Å²) in [6, 6.07) is 6.29. The molecule has 0 amide bonds. The Morgan fingerprint density at radius 3 is 2.07 bits per heavy atom. The maximum Gasteiger partial charge on any atom is 0.498 e. The third-order valence-corrected chi connectivity index (χ3v) is 6.48. The number of hydrogen-bond acceptors (Lipinski definition) is 6. The number of benzene rings is 1. The van der Waals surface area contributed by atoms with E-state index in [9.17, 15) is 0 Å². The van der Waals surface area contributed by atoms with E-state index in [-0.39, 0.29) is 17.5 Å². The third kappa shape index (κ3) is 4.04. The van der Waals surface area contributed by atoms with Crippen molar-refractivity contribution in [2.75, 3.05) is 39.3 Å². The Hall–Kier alpha value is -1.28. The zero-order valence-corrected chi connectivity index (χ0v) is 18.3. The van der Waals surface area contributed by atoms with Gasteiger partial charge in [0.1, 0.15) is 5.75 Å². The van der Waals surface area contributed by atoms with Crippen LogP contribution in [0.3, 0.4) is 0 Å². The topological polar surface area (TPSA) is 49.4 Å². The number of rotatable bonds is 6. The van der Waals surface area contributed by atoms with Gasteiger partial charge in [-0.3, -0.25) is 0 Å². The minimum Gasteiger partial charge on any atom is -0.497 e. The van der Waals surface area contributed by atoms with E-state index in [1.54, 1.807) is 21.3 Å². The van der Waals surface area contributed by atoms with Gasteiger partial charge in [0.15, 0.2) is 6.29 Å². The lowest BCUT2D eigenvalue weighted by Crippen LogP contribution is -2.41. The standard InChI is InChI=1S/C21H34BNO5/c1-20(2)21(3,4)28-22(27-20)17-9-8-16(14-18(17)24-5)23-12-10-15(11-13-23)19(25-6)26-7/h8-9,14-15,19H,10-13H2,1-7H3. The molecule has 0 N–H and O–H groups in total. The first-order valence-electron chi connectivity index (χ1n) is 10.1. The molecule has 0 bridgehead atoms. The summed E-state index contributed by atoms with van der Waals surface area (Å²) in [7, 11) is 4.69. The molecule has 2 aliphatic rings. The summed E-state index contributed by atoms with van der Waals surface area (Å²) in [5, 5.41) is 0. The van der Waals surface area contributed by atoms with Gasteiger partial charge in [-0.25, -0.2) is 0 Å². The molecule has 0 aliphatic carbocycles. The molecular weight excluding hydrogens is 357 g/mol. The molecule has 2 saturated heterocycles. The number of hydrogen-bond donors (Lipinski definition) is 0. The summed E-state index contributed by atoms with van der Waals surface area (Å²) < 4.78 is 29.0. The third-order valence-electron chi connectivity index (χ3n) is 6.48. The summed E-state index contributed by atoms with van der Waals surface area (Å²) >= 11 is 0. The van der Waals surface area contributed by atoms with Crippen LogP contribution in [0, 0.1) is 5.92 Å². The fourth-order valence-electron chi connectivity index (χ4n) is 3.97. The van der Waals surface area contributed by atoms with Crippen molar-refractivity contribution in [3.63, 3.8) is 0 Å². The first kappa shape index (κ1) is 21.4. The number of anilines is 1. The van der Waals surface area contributed by atoms with Gasteiger partial charge in [-0.15, -0.1) is 0 Å². The van der Waals surface area contributed by atoms with Crippen molar-refractivity contribution < 1.29 is 23.5 Å². The lowest BCUT2D eigenvalue weighted by Gasteiger charge is -2.36. The fourth-order valence-corrected chi connectivity index (χ4v) is 3.97. The van der Waals surface area contributed by atoms with Gasteiger partial charge in [0, 0.05) is 50.4 Å². The summed E-state index contributed by atoms with van der Waals surface area (Å²) in [5.74, 6) is 1.22. The van der Waals surface area contributed by atoms with Gasteiger partial charge in [0.25, 0.3) is 0 Å². The lowest BCUT2D eigenvalue weighted by atomic mass is 9.78. The average molecular weight is 391 g/mol. The molecule has 6 nitrogen and oxygen atoms in total. The molecule has 3 rings (SSSR count). The van der Waals surface area contributed by atoms with E-state index in [4.69, 9.17) is 23.5 Å². The minimum atomic E-state index is -0.427. The molecule has 7 heteroatoms. The Labute approximate surface area is 169 Å². The smallest absolute Gasteiger partial charge is 0.497 e. The second kappa shape index (κ2) is 8.23. The van der Waals surface area contributed by atoms with E-state index < -0.39 is 7.12 Å². The number of nitrogens with zero attached hydrogens (tertiary/aromatic N) is 1. The van der Waals surface area contributed by atoms with Crippen LogP contribution in [-0.4, -0.2) is 59.0 Å². The molecule has 1 aromatic carbocycles. The molecule has 156 valence electrons. The van der Waals surface area contributed by atoms with E-state index in [0.717, 1.165) is 42.8 Å². The highest BCUT2D eigenvalue weighted by molar-refractivity contribution is 6.63. The van der Waals surface area contributed by atoms with Crippen molar-refractivity contribution in [1.29, 1.82) is 0 Å². The van der Waals surface area contributed by atoms with Crippen LogP contribution in [0.4, 0.5) is 5.69 Å². The summed E-state index contributed by atoms with van der Waals surface area (Å²) in [6.07, 6.45) is 1.95. The molecule has 0 saturated carbocycles. The van der Waals surface area contributed by atoms with E-state index in [1.165, 1.54) is 0 Å². The Balaban J connectivity index is 1.73. The zero-order chi connectivity index (χ0) is 20.5. The molecule has 0 aromatic heterocycles.